The number of hydrogen-bond donors (Lipinski definition) is 1. The van der Waals surface area contributed by atoms with E-state index in [2.05, 4.69) is 20.5 Å². The standard InChI is InChI=1S/C19H18N6O2/c1-14-5-6-15(27-14)12-25-18(7-10-21-25)22-19(26)13-24-11-8-17(23-24)16-4-2-3-9-20-16/h2-11H,12-13H2,1H3,(H,22,26). The lowest BCUT2D eigenvalue weighted by atomic mass is 10.3. The second kappa shape index (κ2) is 7.28. The van der Waals surface area contributed by atoms with Crippen molar-refractivity contribution < 1.29 is 9.21 Å². The zero-order valence-corrected chi connectivity index (χ0v) is 14.7. The van der Waals surface area contributed by atoms with Gasteiger partial charge in [-0.25, -0.2) is 4.68 Å². The Hall–Kier alpha value is -3.68. The summed E-state index contributed by atoms with van der Waals surface area (Å²) in [5, 5.41) is 11.5. The molecule has 0 aromatic carbocycles. The van der Waals surface area contributed by atoms with Gasteiger partial charge in [0.25, 0.3) is 0 Å². The number of amides is 1. The summed E-state index contributed by atoms with van der Waals surface area (Å²) < 4.78 is 8.82. The average molecular weight is 362 g/mol. The molecule has 0 aliphatic heterocycles. The monoisotopic (exact) mass is 362 g/mol. The number of carbonyl (C=O) groups is 1. The third kappa shape index (κ3) is 3.95. The van der Waals surface area contributed by atoms with Crippen LogP contribution in [0, 0.1) is 6.92 Å². The number of furan rings is 1. The minimum atomic E-state index is -0.192. The summed E-state index contributed by atoms with van der Waals surface area (Å²) in [6.07, 6.45) is 5.10. The van der Waals surface area contributed by atoms with Crippen molar-refractivity contribution in [3.8, 4) is 11.4 Å². The van der Waals surface area contributed by atoms with Gasteiger partial charge in [0, 0.05) is 18.5 Å². The number of rotatable bonds is 6. The number of aromatic nitrogens is 5. The highest BCUT2D eigenvalue weighted by Gasteiger charge is 2.11. The van der Waals surface area contributed by atoms with Gasteiger partial charge in [0.15, 0.2) is 0 Å². The second-order valence-electron chi connectivity index (χ2n) is 6.05. The van der Waals surface area contributed by atoms with Crippen molar-refractivity contribution in [2.45, 2.75) is 20.0 Å². The molecule has 0 aliphatic rings. The first-order valence-electron chi connectivity index (χ1n) is 8.49. The van der Waals surface area contributed by atoms with Crippen LogP contribution in [0.2, 0.25) is 0 Å². The van der Waals surface area contributed by atoms with Crippen LogP contribution in [-0.4, -0.2) is 30.5 Å². The van der Waals surface area contributed by atoms with Gasteiger partial charge in [-0.3, -0.25) is 14.5 Å². The molecule has 136 valence electrons. The predicted octanol–water partition coefficient (Wildman–Crippen LogP) is 2.73. The largest absolute Gasteiger partial charge is 0.464 e. The molecule has 1 N–H and O–H groups in total. The summed E-state index contributed by atoms with van der Waals surface area (Å²) in [7, 11) is 0. The fourth-order valence-corrected chi connectivity index (χ4v) is 2.71. The highest BCUT2D eigenvalue weighted by atomic mass is 16.3. The topological polar surface area (TPSA) is 90.8 Å². The van der Waals surface area contributed by atoms with Crippen molar-refractivity contribution in [2.24, 2.45) is 0 Å². The SMILES string of the molecule is Cc1ccc(Cn2nccc2NC(=O)Cn2ccc(-c3ccccn3)n2)o1. The summed E-state index contributed by atoms with van der Waals surface area (Å²) in [6, 6.07) is 13.0. The molecule has 0 radical (unpaired) electrons. The Labute approximate surface area is 155 Å². The van der Waals surface area contributed by atoms with Gasteiger partial charge in [-0.1, -0.05) is 6.07 Å². The van der Waals surface area contributed by atoms with Crippen molar-refractivity contribution in [2.75, 3.05) is 5.32 Å². The van der Waals surface area contributed by atoms with E-state index in [9.17, 15) is 4.79 Å². The lowest BCUT2D eigenvalue weighted by Crippen LogP contribution is -2.21. The van der Waals surface area contributed by atoms with Crippen LogP contribution in [0.5, 0.6) is 0 Å². The lowest BCUT2D eigenvalue weighted by Gasteiger charge is -2.08. The van der Waals surface area contributed by atoms with Gasteiger partial charge >= 0.3 is 0 Å². The summed E-state index contributed by atoms with van der Waals surface area (Å²) >= 11 is 0. The Morgan fingerprint density at radius 1 is 1.11 bits per heavy atom. The normalized spacial score (nSPS) is 10.9. The third-order valence-corrected chi connectivity index (χ3v) is 3.96. The number of nitrogens with one attached hydrogen (secondary N) is 1. The predicted molar refractivity (Wildman–Crippen MR) is 98.9 cm³/mol. The minimum absolute atomic E-state index is 0.0951. The molecule has 0 atom stereocenters. The van der Waals surface area contributed by atoms with Gasteiger partial charge in [0.2, 0.25) is 5.91 Å². The molecule has 8 nitrogen and oxygen atoms in total. The Kier molecular flexibility index (Phi) is 4.52. The van der Waals surface area contributed by atoms with E-state index in [4.69, 9.17) is 4.42 Å². The van der Waals surface area contributed by atoms with Gasteiger partial charge in [-0.15, -0.1) is 0 Å². The minimum Gasteiger partial charge on any atom is -0.464 e. The van der Waals surface area contributed by atoms with Crippen LogP contribution >= 0.6 is 0 Å². The van der Waals surface area contributed by atoms with Crippen LogP contribution in [0.4, 0.5) is 5.82 Å². The third-order valence-electron chi connectivity index (χ3n) is 3.96. The second-order valence-corrected chi connectivity index (χ2v) is 6.05. The molecule has 0 saturated heterocycles. The van der Waals surface area contributed by atoms with Crippen LogP contribution in [-0.2, 0) is 17.9 Å². The number of nitrogens with zero attached hydrogens (tertiary/aromatic N) is 5. The van der Waals surface area contributed by atoms with Crippen molar-refractivity contribution in [1.29, 1.82) is 0 Å². The van der Waals surface area contributed by atoms with Crippen molar-refractivity contribution >= 4 is 11.7 Å². The van der Waals surface area contributed by atoms with Crippen molar-refractivity contribution in [3.63, 3.8) is 0 Å². The molecule has 0 saturated carbocycles. The summed E-state index contributed by atoms with van der Waals surface area (Å²) in [6.45, 7) is 2.43. The number of carbonyl (C=O) groups excluding carboxylic acids is 1. The Bertz CT molecular complexity index is 1050. The van der Waals surface area contributed by atoms with Gasteiger partial charge in [-0.05, 0) is 37.3 Å². The first kappa shape index (κ1) is 16.8. The summed E-state index contributed by atoms with van der Waals surface area (Å²) in [5.41, 5.74) is 1.49. The smallest absolute Gasteiger partial charge is 0.247 e. The fraction of sp³-hybridized carbons (Fsp3) is 0.158. The zero-order valence-electron chi connectivity index (χ0n) is 14.7. The molecular formula is C19H18N6O2. The molecule has 4 aromatic rings. The lowest BCUT2D eigenvalue weighted by molar-refractivity contribution is -0.116. The van der Waals surface area contributed by atoms with E-state index in [0.29, 0.717) is 12.4 Å². The molecule has 27 heavy (non-hydrogen) atoms. The van der Waals surface area contributed by atoms with E-state index in [1.54, 1.807) is 34.0 Å². The molecule has 4 rings (SSSR count). The molecule has 4 aromatic heterocycles. The molecular weight excluding hydrogens is 344 g/mol. The van der Waals surface area contributed by atoms with E-state index in [0.717, 1.165) is 22.9 Å². The van der Waals surface area contributed by atoms with E-state index < -0.39 is 0 Å². The maximum absolute atomic E-state index is 12.4. The van der Waals surface area contributed by atoms with Crippen molar-refractivity contribution in [3.05, 3.63) is 72.6 Å². The number of aryl methyl sites for hydroxylation is 1. The number of anilines is 1. The van der Waals surface area contributed by atoms with Crippen LogP contribution in [0.15, 0.2) is 65.5 Å². The quantitative estimate of drug-likeness (QED) is 0.569. The Morgan fingerprint density at radius 3 is 2.81 bits per heavy atom. The molecule has 0 fully saturated rings. The molecule has 0 spiro atoms. The number of pyridine rings is 1. The molecule has 0 bridgehead atoms. The molecule has 0 unspecified atom stereocenters. The average Bonchev–Trinajstić information content (AvgIpc) is 3.39. The van der Waals surface area contributed by atoms with Crippen LogP contribution in [0.1, 0.15) is 11.5 Å². The van der Waals surface area contributed by atoms with E-state index in [-0.39, 0.29) is 12.5 Å². The van der Waals surface area contributed by atoms with Gasteiger partial charge in [-0.2, -0.15) is 10.2 Å². The Balaban J connectivity index is 1.40. The summed E-state index contributed by atoms with van der Waals surface area (Å²) in [4.78, 5) is 16.6. The summed E-state index contributed by atoms with van der Waals surface area (Å²) in [5.74, 6) is 2.03. The molecule has 0 aliphatic carbocycles. The van der Waals surface area contributed by atoms with E-state index >= 15 is 0 Å². The van der Waals surface area contributed by atoms with E-state index in [1.165, 1.54) is 0 Å². The zero-order chi connectivity index (χ0) is 18.6. The maximum atomic E-state index is 12.4. The highest BCUT2D eigenvalue weighted by Crippen LogP contribution is 2.14. The number of hydrogen-bond acceptors (Lipinski definition) is 5. The van der Waals surface area contributed by atoms with Crippen LogP contribution in [0.3, 0.4) is 0 Å². The highest BCUT2D eigenvalue weighted by molar-refractivity contribution is 5.89. The first-order valence-corrected chi connectivity index (χ1v) is 8.49. The van der Waals surface area contributed by atoms with E-state index in [1.807, 2.05) is 43.3 Å². The van der Waals surface area contributed by atoms with Gasteiger partial charge in [0.1, 0.15) is 36.1 Å². The van der Waals surface area contributed by atoms with Gasteiger partial charge in [0.05, 0.1) is 11.9 Å². The van der Waals surface area contributed by atoms with Crippen molar-refractivity contribution in [1.82, 2.24) is 24.5 Å². The molecule has 1 amide bonds. The van der Waals surface area contributed by atoms with Crippen LogP contribution < -0.4 is 5.32 Å². The molecule has 4 heterocycles. The maximum Gasteiger partial charge on any atom is 0.247 e. The first-order chi connectivity index (χ1) is 13.2. The molecule has 8 heteroatoms. The Morgan fingerprint density at radius 2 is 2.04 bits per heavy atom. The fourth-order valence-electron chi connectivity index (χ4n) is 2.71. The van der Waals surface area contributed by atoms with Crippen LogP contribution in [0.25, 0.3) is 11.4 Å². The van der Waals surface area contributed by atoms with Gasteiger partial charge < -0.3 is 9.73 Å².